The lowest BCUT2D eigenvalue weighted by Gasteiger charge is -1.95. The molecule has 0 saturated carbocycles. The first-order valence-electron chi connectivity index (χ1n) is 3.61. The first kappa shape index (κ1) is 9.01. The Balaban J connectivity index is 2.43. The SMILES string of the molecule is Cc1cnc(SCCC#N)nc1. The second-order valence-corrected chi connectivity index (χ2v) is 3.36. The minimum absolute atomic E-state index is 0.544. The van der Waals surface area contributed by atoms with Crippen LogP contribution in [-0.4, -0.2) is 15.7 Å². The van der Waals surface area contributed by atoms with Crippen LogP contribution < -0.4 is 0 Å². The van der Waals surface area contributed by atoms with E-state index in [0.717, 1.165) is 16.5 Å². The summed E-state index contributed by atoms with van der Waals surface area (Å²) < 4.78 is 0. The zero-order valence-corrected chi connectivity index (χ0v) is 7.64. The molecule has 1 aromatic rings. The average molecular weight is 179 g/mol. The van der Waals surface area contributed by atoms with Crippen molar-refractivity contribution in [3.63, 3.8) is 0 Å². The van der Waals surface area contributed by atoms with E-state index in [0.29, 0.717) is 6.42 Å². The Labute approximate surface area is 75.8 Å². The molecular formula is C8H9N3S. The van der Waals surface area contributed by atoms with Gasteiger partial charge >= 0.3 is 0 Å². The minimum atomic E-state index is 0.544. The van der Waals surface area contributed by atoms with Crippen LogP contribution in [-0.2, 0) is 0 Å². The molecule has 12 heavy (non-hydrogen) atoms. The predicted octanol–water partition coefficient (Wildman–Crippen LogP) is 1.79. The maximum atomic E-state index is 8.28. The summed E-state index contributed by atoms with van der Waals surface area (Å²) in [7, 11) is 0. The van der Waals surface area contributed by atoms with E-state index in [1.54, 1.807) is 12.4 Å². The Kier molecular flexibility index (Phi) is 3.55. The van der Waals surface area contributed by atoms with Crippen molar-refractivity contribution >= 4 is 11.8 Å². The Morgan fingerprint density at radius 1 is 1.50 bits per heavy atom. The van der Waals surface area contributed by atoms with Crippen LogP contribution in [0.3, 0.4) is 0 Å². The van der Waals surface area contributed by atoms with E-state index in [1.807, 2.05) is 6.92 Å². The van der Waals surface area contributed by atoms with Crippen molar-refractivity contribution in [2.24, 2.45) is 0 Å². The second-order valence-electron chi connectivity index (χ2n) is 2.30. The summed E-state index contributed by atoms with van der Waals surface area (Å²) in [6.07, 6.45) is 4.10. The fraction of sp³-hybridized carbons (Fsp3) is 0.375. The van der Waals surface area contributed by atoms with E-state index in [9.17, 15) is 0 Å². The highest BCUT2D eigenvalue weighted by molar-refractivity contribution is 7.99. The Morgan fingerprint density at radius 3 is 2.75 bits per heavy atom. The van der Waals surface area contributed by atoms with E-state index >= 15 is 0 Å². The molecule has 0 atom stereocenters. The maximum Gasteiger partial charge on any atom is 0.187 e. The molecule has 62 valence electrons. The van der Waals surface area contributed by atoms with Crippen LogP contribution in [0.5, 0.6) is 0 Å². The second kappa shape index (κ2) is 4.73. The number of nitrogens with zero attached hydrogens (tertiary/aromatic N) is 3. The molecule has 0 bridgehead atoms. The summed E-state index contributed by atoms with van der Waals surface area (Å²) >= 11 is 1.51. The van der Waals surface area contributed by atoms with E-state index in [-0.39, 0.29) is 0 Å². The van der Waals surface area contributed by atoms with Crippen molar-refractivity contribution < 1.29 is 0 Å². The summed E-state index contributed by atoms with van der Waals surface area (Å²) in [6, 6.07) is 2.07. The normalized spacial score (nSPS) is 9.33. The van der Waals surface area contributed by atoms with Gasteiger partial charge in [0.15, 0.2) is 5.16 Å². The molecule has 0 amide bonds. The van der Waals surface area contributed by atoms with Crippen LogP contribution in [0.4, 0.5) is 0 Å². The fourth-order valence-corrected chi connectivity index (χ4v) is 1.27. The van der Waals surface area contributed by atoms with Gasteiger partial charge in [0.2, 0.25) is 0 Å². The number of rotatable bonds is 3. The van der Waals surface area contributed by atoms with Gasteiger partial charge in [0.25, 0.3) is 0 Å². The molecule has 0 aliphatic rings. The van der Waals surface area contributed by atoms with Gasteiger partial charge in [0.1, 0.15) is 0 Å². The lowest BCUT2D eigenvalue weighted by atomic mass is 10.4. The summed E-state index contributed by atoms with van der Waals surface area (Å²) in [4.78, 5) is 8.19. The van der Waals surface area contributed by atoms with Crippen LogP contribution in [0.15, 0.2) is 17.6 Å². The number of nitriles is 1. The number of thioether (sulfide) groups is 1. The molecule has 4 heteroatoms. The van der Waals surface area contributed by atoms with Crippen molar-refractivity contribution in [2.75, 3.05) is 5.75 Å². The molecule has 0 aliphatic carbocycles. The highest BCUT2D eigenvalue weighted by Gasteiger charge is 1.95. The predicted molar refractivity (Wildman–Crippen MR) is 47.7 cm³/mol. The lowest BCUT2D eigenvalue weighted by molar-refractivity contribution is 0.949. The number of hydrogen-bond acceptors (Lipinski definition) is 4. The average Bonchev–Trinajstić information content (AvgIpc) is 2.09. The largest absolute Gasteiger partial charge is 0.231 e. The molecule has 0 unspecified atom stereocenters. The summed E-state index contributed by atoms with van der Waals surface area (Å²) in [5, 5.41) is 9.03. The van der Waals surface area contributed by atoms with Crippen LogP contribution in [0.1, 0.15) is 12.0 Å². The fourth-order valence-electron chi connectivity index (χ4n) is 0.643. The first-order chi connectivity index (χ1) is 5.83. The van der Waals surface area contributed by atoms with Gasteiger partial charge in [-0.2, -0.15) is 5.26 Å². The molecule has 0 spiro atoms. The summed E-state index contributed by atoms with van der Waals surface area (Å²) in [6.45, 7) is 1.95. The van der Waals surface area contributed by atoms with Gasteiger partial charge in [0.05, 0.1) is 6.07 Å². The van der Waals surface area contributed by atoms with E-state index in [4.69, 9.17) is 5.26 Å². The standard InChI is InChI=1S/C8H9N3S/c1-7-5-10-8(11-6-7)12-4-2-3-9/h5-6H,2,4H2,1H3. The van der Waals surface area contributed by atoms with Crippen molar-refractivity contribution in [2.45, 2.75) is 18.5 Å². The molecule has 1 rings (SSSR count). The Bertz CT molecular complexity index is 275. The number of aromatic nitrogens is 2. The zero-order valence-electron chi connectivity index (χ0n) is 6.82. The molecule has 1 aromatic heterocycles. The maximum absolute atomic E-state index is 8.28. The minimum Gasteiger partial charge on any atom is -0.231 e. The van der Waals surface area contributed by atoms with Gasteiger partial charge in [-0.15, -0.1) is 0 Å². The van der Waals surface area contributed by atoms with Crippen LogP contribution in [0, 0.1) is 18.3 Å². The third-order valence-electron chi connectivity index (χ3n) is 1.20. The molecule has 0 N–H and O–H groups in total. The molecule has 1 heterocycles. The van der Waals surface area contributed by atoms with Crippen LogP contribution in [0.2, 0.25) is 0 Å². The quantitative estimate of drug-likeness (QED) is 0.403. The third-order valence-corrected chi connectivity index (χ3v) is 2.08. The molecule has 0 aromatic carbocycles. The number of aryl methyl sites for hydroxylation is 1. The molecular weight excluding hydrogens is 170 g/mol. The smallest absolute Gasteiger partial charge is 0.187 e. The van der Waals surface area contributed by atoms with E-state index in [2.05, 4.69) is 16.0 Å². The van der Waals surface area contributed by atoms with Gasteiger partial charge in [-0.1, -0.05) is 11.8 Å². The van der Waals surface area contributed by atoms with Gasteiger partial charge in [-0.05, 0) is 12.5 Å². The summed E-state index contributed by atoms with van der Waals surface area (Å²) in [5.41, 5.74) is 1.06. The highest BCUT2D eigenvalue weighted by Crippen LogP contribution is 2.12. The first-order valence-corrected chi connectivity index (χ1v) is 4.60. The number of hydrogen-bond donors (Lipinski definition) is 0. The van der Waals surface area contributed by atoms with Gasteiger partial charge in [-0.25, -0.2) is 9.97 Å². The van der Waals surface area contributed by atoms with E-state index < -0.39 is 0 Å². The lowest BCUT2D eigenvalue weighted by Crippen LogP contribution is -1.87. The van der Waals surface area contributed by atoms with Gasteiger partial charge < -0.3 is 0 Å². The van der Waals surface area contributed by atoms with Crippen LogP contribution in [0.25, 0.3) is 0 Å². The monoisotopic (exact) mass is 179 g/mol. The molecule has 0 radical (unpaired) electrons. The van der Waals surface area contributed by atoms with Crippen molar-refractivity contribution in [3.8, 4) is 6.07 Å². The zero-order chi connectivity index (χ0) is 8.81. The van der Waals surface area contributed by atoms with E-state index in [1.165, 1.54) is 11.8 Å². The topological polar surface area (TPSA) is 49.6 Å². The van der Waals surface area contributed by atoms with Gasteiger partial charge in [-0.3, -0.25) is 0 Å². The highest BCUT2D eigenvalue weighted by atomic mass is 32.2. The van der Waals surface area contributed by atoms with Crippen molar-refractivity contribution in [1.29, 1.82) is 5.26 Å². The molecule has 0 saturated heterocycles. The van der Waals surface area contributed by atoms with Crippen LogP contribution >= 0.6 is 11.8 Å². The van der Waals surface area contributed by atoms with Crippen molar-refractivity contribution in [1.82, 2.24) is 9.97 Å². The Hall–Kier alpha value is -1.08. The molecule has 3 nitrogen and oxygen atoms in total. The molecule has 0 aliphatic heterocycles. The summed E-state index contributed by atoms with van der Waals surface area (Å²) in [5.74, 6) is 0.763. The third kappa shape index (κ3) is 2.89. The van der Waals surface area contributed by atoms with Gasteiger partial charge in [0, 0.05) is 24.6 Å². The molecule has 0 fully saturated rings. The Morgan fingerprint density at radius 2 is 2.17 bits per heavy atom. The van der Waals surface area contributed by atoms with Crippen molar-refractivity contribution in [3.05, 3.63) is 18.0 Å².